The molecule has 27 heavy (non-hydrogen) atoms. The number of H-pyrrole nitrogens is 1. The molecule has 1 fully saturated rings. The van der Waals surface area contributed by atoms with E-state index in [1.165, 1.54) is 6.42 Å². The molecule has 0 spiro atoms. The Balaban J connectivity index is 1.82. The van der Waals surface area contributed by atoms with Crippen molar-refractivity contribution in [2.24, 2.45) is 0 Å². The zero-order valence-corrected chi connectivity index (χ0v) is 16.3. The van der Waals surface area contributed by atoms with Crippen molar-refractivity contribution in [2.45, 2.75) is 45.6 Å². The van der Waals surface area contributed by atoms with Gasteiger partial charge in [0.2, 0.25) is 5.91 Å². The fraction of sp³-hybridized carbons (Fsp3) is 0.524. The fourth-order valence-corrected chi connectivity index (χ4v) is 3.81. The summed E-state index contributed by atoms with van der Waals surface area (Å²) in [5.74, 6) is 0.0282. The predicted molar refractivity (Wildman–Crippen MR) is 108 cm³/mol. The molecule has 1 aliphatic heterocycles. The Morgan fingerprint density at radius 3 is 2.56 bits per heavy atom. The molecule has 1 aromatic heterocycles. The van der Waals surface area contributed by atoms with Gasteiger partial charge in [-0.25, -0.2) is 4.79 Å². The summed E-state index contributed by atoms with van der Waals surface area (Å²) in [5, 5.41) is 4.10. The number of urea groups is 1. The molecule has 0 unspecified atom stereocenters. The second kappa shape index (κ2) is 8.93. The van der Waals surface area contributed by atoms with E-state index >= 15 is 0 Å². The van der Waals surface area contributed by atoms with Crippen molar-refractivity contribution in [1.29, 1.82) is 0 Å². The lowest BCUT2D eigenvalue weighted by atomic mass is 10.0. The Hall–Kier alpha value is -2.50. The van der Waals surface area contributed by atoms with Gasteiger partial charge in [-0.05, 0) is 44.7 Å². The van der Waals surface area contributed by atoms with Crippen LogP contribution in [0.4, 0.5) is 4.79 Å². The first-order chi connectivity index (χ1) is 13.1. The number of likely N-dealkylation sites (tertiary alicyclic amines) is 1. The minimum Gasteiger partial charge on any atom is -0.361 e. The third-order valence-corrected chi connectivity index (χ3v) is 5.41. The van der Waals surface area contributed by atoms with Gasteiger partial charge in [-0.1, -0.05) is 18.2 Å². The van der Waals surface area contributed by atoms with Crippen LogP contribution in [0.3, 0.4) is 0 Å². The van der Waals surface area contributed by atoms with Gasteiger partial charge in [0.25, 0.3) is 0 Å². The lowest BCUT2D eigenvalue weighted by Gasteiger charge is -2.32. The van der Waals surface area contributed by atoms with Crippen molar-refractivity contribution in [3.63, 3.8) is 0 Å². The Labute approximate surface area is 160 Å². The minimum absolute atomic E-state index is 0.0282. The summed E-state index contributed by atoms with van der Waals surface area (Å²) in [6, 6.07) is 7.34. The number of rotatable bonds is 6. The number of nitrogens with one attached hydrogen (secondary N) is 2. The van der Waals surface area contributed by atoms with Crippen LogP contribution in [0.2, 0.25) is 0 Å². The molecule has 1 aliphatic rings. The second-order valence-electron chi connectivity index (χ2n) is 7.12. The molecule has 0 aliphatic carbocycles. The van der Waals surface area contributed by atoms with E-state index in [1.807, 2.05) is 43.1 Å². The van der Waals surface area contributed by atoms with Crippen LogP contribution < -0.4 is 5.32 Å². The summed E-state index contributed by atoms with van der Waals surface area (Å²) >= 11 is 0. The van der Waals surface area contributed by atoms with E-state index in [1.54, 1.807) is 4.90 Å². The first-order valence-corrected chi connectivity index (χ1v) is 10.0. The van der Waals surface area contributed by atoms with Crippen LogP contribution in [-0.4, -0.2) is 58.9 Å². The van der Waals surface area contributed by atoms with Gasteiger partial charge in [0.15, 0.2) is 0 Å². The van der Waals surface area contributed by atoms with Crippen molar-refractivity contribution in [3.05, 3.63) is 36.0 Å². The van der Waals surface area contributed by atoms with E-state index in [9.17, 15) is 9.59 Å². The molecule has 0 saturated carbocycles. The van der Waals surface area contributed by atoms with E-state index in [2.05, 4.69) is 16.4 Å². The lowest BCUT2D eigenvalue weighted by Crippen LogP contribution is -2.54. The number of amides is 3. The predicted octanol–water partition coefficient (Wildman–Crippen LogP) is 3.14. The number of carbonyl (C=O) groups is 2. The van der Waals surface area contributed by atoms with E-state index in [0.29, 0.717) is 19.5 Å². The van der Waals surface area contributed by atoms with Crippen molar-refractivity contribution < 1.29 is 9.59 Å². The van der Waals surface area contributed by atoms with E-state index in [0.717, 1.165) is 42.4 Å². The lowest BCUT2D eigenvalue weighted by molar-refractivity contribution is -0.134. The van der Waals surface area contributed by atoms with Crippen molar-refractivity contribution in [1.82, 2.24) is 20.1 Å². The fourth-order valence-electron chi connectivity index (χ4n) is 3.81. The molecule has 0 radical (unpaired) electrons. The Morgan fingerprint density at radius 2 is 1.85 bits per heavy atom. The summed E-state index contributed by atoms with van der Waals surface area (Å²) in [6.07, 6.45) is 5.69. The van der Waals surface area contributed by atoms with Crippen molar-refractivity contribution in [2.75, 3.05) is 26.2 Å². The standard InChI is InChI=1S/C21H30N4O2/c1-3-24(4-2)21(27)23-19(20(26)25-12-8-5-9-13-25)14-16-15-22-18-11-7-6-10-17(16)18/h6-7,10-11,15,19,22H,3-5,8-9,12-14H2,1-2H3,(H,23,27)/t19-/m0/s1. The molecule has 0 bridgehead atoms. The first-order valence-electron chi connectivity index (χ1n) is 10.0. The molecule has 6 heteroatoms. The van der Waals surface area contributed by atoms with Crippen molar-refractivity contribution in [3.8, 4) is 0 Å². The number of carbonyl (C=O) groups excluding carboxylic acids is 2. The summed E-state index contributed by atoms with van der Waals surface area (Å²) in [5.41, 5.74) is 2.10. The van der Waals surface area contributed by atoms with E-state index in [4.69, 9.17) is 0 Å². The molecule has 6 nitrogen and oxygen atoms in total. The summed E-state index contributed by atoms with van der Waals surface area (Å²) in [6.45, 7) is 6.71. The van der Waals surface area contributed by atoms with Crippen LogP contribution >= 0.6 is 0 Å². The highest BCUT2D eigenvalue weighted by Crippen LogP contribution is 2.20. The van der Waals surface area contributed by atoms with Crippen LogP contribution in [0, 0.1) is 0 Å². The normalized spacial score (nSPS) is 15.6. The largest absolute Gasteiger partial charge is 0.361 e. The number of fused-ring (bicyclic) bond motifs is 1. The number of nitrogens with zero attached hydrogens (tertiary/aromatic N) is 2. The first kappa shape index (κ1) is 19.3. The van der Waals surface area contributed by atoms with Gasteiger partial charge in [-0.2, -0.15) is 0 Å². The van der Waals surface area contributed by atoms with Crippen LogP contribution in [0.1, 0.15) is 38.7 Å². The van der Waals surface area contributed by atoms with Crippen LogP contribution in [0.5, 0.6) is 0 Å². The topological polar surface area (TPSA) is 68.4 Å². The minimum atomic E-state index is -0.546. The number of aromatic nitrogens is 1. The maximum atomic E-state index is 13.2. The zero-order chi connectivity index (χ0) is 19.2. The molecule has 1 saturated heterocycles. The number of hydrogen-bond donors (Lipinski definition) is 2. The zero-order valence-electron chi connectivity index (χ0n) is 16.3. The maximum Gasteiger partial charge on any atom is 0.318 e. The molecule has 146 valence electrons. The summed E-state index contributed by atoms with van der Waals surface area (Å²) in [4.78, 5) is 32.7. The van der Waals surface area contributed by atoms with E-state index in [-0.39, 0.29) is 11.9 Å². The quantitative estimate of drug-likeness (QED) is 0.820. The Bertz CT molecular complexity index is 775. The SMILES string of the molecule is CCN(CC)C(=O)N[C@@H](Cc1c[nH]c2ccccc12)C(=O)N1CCCCC1. The van der Waals surface area contributed by atoms with E-state index < -0.39 is 6.04 Å². The highest BCUT2D eigenvalue weighted by molar-refractivity contribution is 5.89. The van der Waals surface area contributed by atoms with Gasteiger partial charge in [-0.3, -0.25) is 4.79 Å². The number of para-hydroxylation sites is 1. The third kappa shape index (κ3) is 4.43. The molecule has 1 aromatic carbocycles. The summed E-state index contributed by atoms with van der Waals surface area (Å²) in [7, 11) is 0. The average Bonchev–Trinajstić information content (AvgIpc) is 3.11. The summed E-state index contributed by atoms with van der Waals surface area (Å²) < 4.78 is 0. The molecule has 3 amide bonds. The second-order valence-corrected chi connectivity index (χ2v) is 7.12. The number of benzene rings is 1. The monoisotopic (exact) mass is 370 g/mol. The molecule has 3 rings (SSSR count). The number of piperidine rings is 1. The average molecular weight is 370 g/mol. The number of aromatic amines is 1. The molecule has 2 heterocycles. The Kier molecular flexibility index (Phi) is 6.37. The highest BCUT2D eigenvalue weighted by atomic mass is 16.2. The van der Waals surface area contributed by atoms with Gasteiger partial charge < -0.3 is 20.1 Å². The van der Waals surface area contributed by atoms with Gasteiger partial charge in [0.05, 0.1) is 0 Å². The Morgan fingerprint density at radius 1 is 1.15 bits per heavy atom. The van der Waals surface area contributed by atoms with Crippen LogP contribution in [0.25, 0.3) is 10.9 Å². The highest BCUT2D eigenvalue weighted by Gasteiger charge is 2.29. The molecule has 2 N–H and O–H groups in total. The number of hydrogen-bond acceptors (Lipinski definition) is 2. The smallest absolute Gasteiger partial charge is 0.318 e. The molecule has 2 aromatic rings. The van der Waals surface area contributed by atoms with Crippen molar-refractivity contribution >= 4 is 22.8 Å². The molecular weight excluding hydrogens is 340 g/mol. The molecule has 1 atom stereocenters. The maximum absolute atomic E-state index is 13.2. The van der Waals surface area contributed by atoms with Gasteiger partial charge in [0, 0.05) is 49.7 Å². The van der Waals surface area contributed by atoms with Crippen LogP contribution in [-0.2, 0) is 11.2 Å². The van der Waals surface area contributed by atoms with Gasteiger partial charge >= 0.3 is 6.03 Å². The van der Waals surface area contributed by atoms with Gasteiger partial charge in [0.1, 0.15) is 6.04 Å². The van der Waals surface area contributed by atoms with Gasteiger partial charge in [-0.15, -0.1) is 0 Å². The van der Waals surface area contributed by atoms with Crippen LogP contribution in [0.15, 0.2) is 30.5 Å². The molecular formula is C21H30N4O2. The third-order valence-electron chi connectivity index (χ3n) is 5.41.